The molecule has 2 aromatic heterocycles. The number of ketones is 1. The number of nitrogens with zero attached hydrogens (tertiary/aromatic N) is 2. The molecule has 2 heterocycles. The second kappa shape index (κ2) is 4.35. The number of aromatic nitrogens is 2. The number of benzene rings is 1. The van der Waals surface area contributed by atoms with Crippen molar-refractivity contribution in [3.8, 4) is 0 Å². The molecule has 0 bridgehead atoms. The van der Waals surface area contributed by atoms with Gasteiger partial charge in [0, 0.05) is 23.1 Å². The van der Waals surface area contributed by atoms with Gasteiger partial charge in [0.05, 0.1) is 11.3 Å². The summed E-state index contributed by atoms with van der Waals surface area (Å²) in [7, 11) is 1.79. The van der Waals surface area contributed by atoms with Crippen LogP contribution in [-0.2, 0) is 7.05 Å². The molecule has 0 unspecified atom stereocenters. The highest BCUT2D eigenvalue weighted by molar-refractivity contribution is 9.10. The van der Waals surface area contributed by atoms with Crippen LogP contribution in [-0.4, -0.2) is 15.6 Å². The van der Waals surface area contributed by atoms with Gasteiger partial charge in [0.2, 0.25) is 5.78 Å². The van der Waals surface area contributed by atoms with E-state index in [1.165, 1.54) is 0 Å². The highest BCUT2D eigenvalue weighted by Crippen LogP contribution is 2.25. The summed E-state index contributed by atoms with van der Waals surface area (Å²) < 4.78 is 8.18. The molecule has 5 heteroatoms. The Kier molecular flexibility index (Phi) is 2.78. The number of hydrogen-bond acceptors (Lipinski definition) is 3. The van der Waals surface area contributed by atoms with Gasteiger partial charge in [0.25, 0.3) is 0 Å². The first-order valence-electron chi connectivity index (χ1n) is 5.78. The minimum Gasteiger partial charge on any atom is -0.453 e. The quantitative estimate of drug-likeness (QED) is 0.680. The molecular weight excluding hydrogens is 308 g/mol. The van der Waals surface area contributed by atoms with Crippen molar-refractivity contribution in [2.45, 2.75) is 6.92 Å². The van der Waals surface area contributed by atoms with Crippen molar-refractivity contribution in [1.82, 2.24) is 9.78 Å². The molecule has 0 amide bonds. The van der Waals surface area contributed by atoms with Crippen molar-refractivity contribution in [3.63, 3.8) is 0 Å². The predicted octanol–water partition coefficient (Wildman–Crippen LogP) is 3.47. The molecule has 0 N–H and O–H groups in total. The number of carbonyl (C=O) groups excluding carboxylic acids is 1. The third-order valence-corrected chi connectivity index (χ3v) is 3.45. The summed E-state index contributed by atoms with van der Waals surface area (Å²) in [4.78, 5) is 12.4. The molecule has 0 aliphatic rings. The van der Waals surface area contributed by atoms with Crippen LogP contribution in [0.3, 0.4) is 0 Å². The third-order valence-electron chi connectivity index (χ3n) is 2.96. The molecule has 0 saturated heterocycles. The summed E-state index contributed by atoms with van der Waals surface area (Å²) in [5.74, 6) is 0.196. The number of fused-ring (bicyclic) bond motifs is 1. The Morgan fingerprint density at radius 3 is 2.84 bits per heavy atom. The molecule has 3 aromatic rings. The van der Waals surface area contributed by atoms with Crippen molar-refractivity contribution < 1.29 is 9.21 Å². The number of rotatable bonds is 2. The lowest BCUT2D eigenvalue weighted by atomic mass is 10.1. The van der Waals surface area contributed by atoms with Gasteiger partial charge < -0.3 is 4.42 Å². The van der Waals surface area contributed by atoms with Crippen LogP contribution in [0.2, 0.25) is 0 Å². The Morgan fingerprint density at radius 1 is 1.37 bits per heavy atom. The van der Waals surface area contributed by atoms with Gasteiger partial charge in [-0.3, -0.25) is 9.48 Å². The Labute approximate surface area is 118 Å². The molecule has 3 rings (SSSR count). The van der Waals surface area contributed by atoms with Gasteiger partial charge >= 0.3 is 0 Å². The lowest BCUT2D eigenvalue weighted by Gasteiger charge is -1.93. The molecule has 0 aliphatic heterocycles. The molecule has 0 radical (unpaired) electrons. The van der Waals surface area contributed by atoms with Crippen LogP contribution in [0, 0.1) is 6.92 Å². The summed E-state index contributed by atoms with van der Waals surface area (Å²) in [6.07, 6.45) is 1.71. The topological polar surface area (TPSA) is 48.0 Å². The molecule has 4 nitrogen and oxygen atoms in total. The lowest BCUT2D eigenvalue weighted by molar-refractivity contribution is 0.101. The zero-order valence-electron chi connectivity index (χ0n) is 10.5. The summed E-state index contributed by atoms with van der Waals surface area (Å²) >= 11 is 3.40. The summed E-state index contributed by atoms with van der Waals surface area (Å²) in [6, 6.07) is 7.41. The van der Waals surface area contributed by atoms with Crippen LogP contribution in [0.5, 0.6) is 0 Å². The normalized spacial score (nSPS) is 11.1. The van der Waals surface area contributed by atoms with Crippen molar-refractivity contribution in [2.24, 2.45) is 7.05 Å². The summed E-state index contributed by atoms with van der Waals surface area (Å²) in [5, 5.41) is 5.07. The molecule has 0 saturated carbocycles. The highest BCUT2D eigenvalue weighted by atomic mass is 79.9. The number of halogens is 1. The van der Waals surface area contributed by atoms with E-state index in [1.54, 1.807) is 24.0 Å². The van der Waals surface area contributed by atoms with E-state index in [1.807, 2.05) is 25.1 Å². The second-order valence-electron chi connectivity index (χ2n) is 4.42. The maximum Gasteiger partial charge on any atom is 0.231 e. The van der Waals surface area contributed by atoms with Crippen LogP contribution in [0.1, 0.15) is 21.8 Å². The smallest absolute Gasteiger partial charge is 0.231 e. The number of hydrogen-bond donors (Lipinski definition) is 0. The van der Waals surface area contributed by atoms with Gasteiger partial charge in [-0.15, -0.1) is 0 Å². The van der Waals surface area contributed by atoms with E-state index < -0.39 is 0 Å². The zero-order valence-corrected chi connectivity index (χ0v) is 12.1. The minimum atomic E-state index is -0.141. The van der Waals surface area contributed by atoms with Gasteiger partial charge in [0.1, 0.15) is 5.58 Å². The van der Waals surface area contributed by atoms with Crippen LogP contribution in [0.25, 0.3) is 11.0 Å². The van der Waals surface area contributed by atoms with Crippen molar-refractivity contribution >= 4 is 32.7 Å². The Morgan fingerprint density at radius 2 is 2.16 bits per heavy atom. The fourth-order valence-electron chi connectivity index (χ4n) is 2.08. The van der Waals surface area contributed by atoms with E-state index in [2.05, 4.69) is 21.0 Å². The molecule has 0 spiro atoms. The van der Waals surface area contributed by atoms with Crippen LogP contribution < -0.4 is 0 Å². The van der Waals surface area contributed by atoms with Crippen LogP contribution in [0.4, 0.5) is 0 Å². The molecule has 0 fully saturated rings. The Bertz CT molecular complexity index is 786. The summed E-state index contributed by atoms with van der Waals surface area (Å²) in [6.45, 7) is 1.81. The largest absolute Gasteiger partial charge is 0.453 e. The standard InChI is InChI=1S/C14H11BrN2O2/c1-8-11(7-17(2)16-8)14(18)13-6-9-5-10(15)3-4-12(9)19-13/h3-7H,1-2H3. The fourth-order valence-corrected chi connectivity index (χ4v) is 2.46. The SMILES string of the molecule is Cc1nn(C)cc1C(=O)c1cc2cc(Br)ccc2o1. The molecule has 19 heavy (non-hydrogen) atoms. The van der Waals surface area contributed by atoms with Crippen molar-refractivity contribution in [2.75, 3.05) is 0 Å². The van der Waals surface area contributed by atoms with Crippen LogP contribution >= 0.6 is 15.9 Å². The first-order chi connectivity index (χ1) is 9.04. The maximum absolute atomic E-state index is 12.4. The third kappa shape index (κ3) is 2.10. The van der Waals surface area contributed by atoms with E-state index in [-0.39, 0.29) is 5.78 Å². The highest BCUT2D eigenvalue weighted by Gasteiger charge is 2.18. The molecule has 1 aromatic carbocycles. The van der Waals surface area contributed by atoms with E-state index in [4.69, 9.17) is 4.42 Å². The van der Waals surface area contributed by atoms with Crippen molar-refractivity contribution in [1.29, 1.82) is 0 Å². The maximum atomic E-state index is 12.4. The number of carbonyl (C=O) groups is 1. The minimum absolute atomic E-state index is 0.141. The van der Waals surface area contributed by atoms with Gasteiger partial charge in [-0.05, 0) is 31.2 Å². The van der Waals surface area contributed by atoms with E-state index in [0.717, 1.165) is 9.86 Å². The average molecular weight is 319 g/mol. The van der Waals surface area contributed by atoms with Crippen molar-refractivity contribution in [3.05, 3.63) is 52.0 Å². The first-order valence-corrected chi connectivity index (χ1v) is 6.58. The monoisotopic (exact) mass is 318 g/mol. The summed E-state index contributed by atoms with van der Waals surface area (Å²) in [5.41, 5.74) is 1.97. The fraction of sp³-hybridized carbons (Fsp3) is 0.143. The van der Waals surface area contributed by atoms with Gasteiger partial charge in [-0.1, -0.05) is 15.9 Å². The lowest BCUT2D eigenvalue weighted by Crippen LogP contribution is -1.99. The van der Waals surface area contributed by atoms with E-state index in [0.29, 0.717) is 22.6 Å². The molecular formula is C14H11BrN2O2. The molecule has 0 aliphatic carbocycles. The van der Waals surface area contributed by atoms with Gasteiger partial charge in [-0.2, -0.15) is 5.10 Å². The second-order valence-corrected chi connectivity index (χ2v) is 5.34. The van der Waals surface area contributed by atoms with Gasteiger partial charge in [-0.25, -0.2) is 0 Å². The van der Waals surface area contributed by atoms with Crippen LogP contribution in [0.15, 0.2) is 39.4 Å². The Balaban J connectivity index is 2.09. The predicted molar refractivity (Wildman–Crippen MR) is 75.3 cm³/mol. The first kappa shape index (κ1) is 12.2. The van der Waals surface area contributed by atoms with Gasteiger partial charge in [0.15, 0.2) is 5.76 Å². The van der Waals surface area contributed by atoms with E-state index >= 15 is 0 Å². The molecule has 0 atom stereocenters. The number of furan rings is 1. The molecule has 96 valence electrons. The van der Waals surface area contributed by atoms with E-state index in [9.17, 15) is 4.79 Å². The number of aryl methyl sites for hydroxylation is 2. The average Bonchev–Trinajstić information content (AvgIpc) is 2.91. The zero-order chi connectivity index (χ0) is 13.6. The Hall–Kier alpha value is -1.88.